The number of aromatic carboxylic acids is 1. The first-order chi connectivity index (χ1) is 9.97. The minimum atomic E-state index is -0.942. The Hall–Kier alpha value is -1.62. The molecule has 1 unspecified atom stereocenters. The van der Waals surface area contributed by atoms with Crippen LogP contribution in [0.1, 0.15) is 40.7 Å². The van der Waals surface area contributed by atoms with Gasteiger partial charge >= 0.3 is 5.97 Å². The molecule has 110 valence electrons. The van der Waals surface area contributed by atoms with Gasteiger partial charge in [-0.25, -0.2) is 9.48 Å². The fourth-order valence-corrected chi connectivity index (χ4v) is 3.36. The first kappa shape index (κ1) is 14.3. The zero-order valence-electron chi connectivity index (χ0n) is 12.1. The second kappa shape index (κ2) is 5.30. The lowest BCUT2D eigenvalue weighted by molar-refractivity contribution is 0.0688. The number of carboxylic acids is 1. The van der Waals surface area contributed by atoms with Crippen LogP contribution in [0.5, 0.6) is 0 Å². The van der Waals surface area contributed by atoms with E-state index in [2.05, 4.69) is 28.0 Å². The molecular weight excluding hydrogens is 332 g/mol. The van der Waals surface area contributed by atoms with Gasteiger partial charge in [-0.2, -0.15) is 5.10 Å². The second-order valence-corrected chi connectivity index (χ2v) is 6.65. The summed E-state index contributed by atoms with van der Waals surface area (Å²) >= 11 is 3.54. The lowest BCUT2D eigenvalue weighted by atomic mass is 9.87. The van der Waals surface area contributed by atoms with Gasteiger partial charge in [0.2, 0.25) is 0 Å². The molecule has 0 saturated carbocycles. The van der Waals surface area contributed by atoms with Crippen molar-refractivity contribution < 1.29 is 9.90 Å². The van der Waals surface area contributed by atoms with Crippen LogP contribution in [-0.2, 0) is 12.8 Å². The number of hydrogen-bond acceptors (Lipinski definition) is 2. The third kappa shape index (κ3) is 2.50. The van der Waals surface area contributed by atoms with E-state index in [1.165, 1.54) is 0 Å². The Balaban J connectivity index is 2.22. The first-order valence-corrected chi connectivity index (χ1v) is 7.87. The maximum absolute atomic E-state index is 11.5. The van der Waals surface area contributed by atoms with Crippen molar-refractivity contribution in [3.63, 3.8) is 0 Å². The quantitative estimate of drug-likeness (QED) is 0.898. The standard InChI is InChI=1S/C16H17BrN2O2/c1-9-4-6-13-11(7-9)15(16(20)21)18-19(13)14-8-10(2)3-5-12(14)17/h3,5,8-9H,4,6-7H2,1-2H3,(H,20,21). The summed E-state index contributed by atoms with van der Waals surface area (Å²) in [7, 11) is 0. The maximum Gasteiger partial charge on any atom is 0.356 e. The zero-order chi connectivity index (χ0) is 15.1. The molecule has 0 spiro atoms. The largest absolute Gasteiger partial charge is 0.476 e. The van der Waals surface area contributed by atoms with Crippen LogP contribution in [0.4, 0.5) is 0 Å². The molecule has 0 fully saturated rings. The molecule has 0 amide bonds. The highest BCUT2D eigenvalue weighted by Gasteiger charge is 2.28. The third-order valence-corrected chi connectivity index (χ3v) is 4.72. The summed E-state index contributed by atoms with van der Waals surface area (Å²) in [6.45, 7) is 4.18. The number of halogens is 1. The molecule has 0 aliphatic heterocycles. The number of fused-ring (bicyclic) bond motifs is 1. The lowest BCUT2D eigenvalue weighted by Gasteiger charge is -2.20. The van der Waals surface area contributed by atoms with Gasteiger partial charge in [-0.1, -0.05) is 13.0 Å². The van der Waals surface area contributed by atoms with Gasteiger partial charge in [0.15, 0.2) is 5.69 Å². The van der Waals surface area contributed by atoms with Gasteiger partial charge in [-0.15, -0.1) is 0 Å². The molecule has 1 aliphatic carbocycles. The van der Waals surface area contributed by atoms with Crippen molar-refractivity contribution in [2.75, 3.05) is 0 Å². The van der Waals surface area contributed by atoms with Crippen LogP contribution in [0.3, 0.4) is 0 Å². The first-order valence-electron chi connectivity index (χ1n) is 7.08. The van der Waals surface area contributed by atoms with Gasteiger partial charge in [0.25, 0.3) is 0 Å². The molecule has 2 aromatic rings. The van der Waals surface area contributed by atoms with E-state index in [1.807, 2.05) is 29.8 Å². The van der Waals surface area contributed by atoms with E-state index in [4.69, 9.17) is 0 Å². The van der Waals surface area contributed by atoms with E-state index >= 15 is 0 Å². The van der Waals surface area contributed by atoms with Crippen LogP contribution in [0.25, 0.3) is 5.69 Å². The van der Waals surface area contributed by atoms with Gasteiger partial charge in [0.05, 0.1) is 5.69 Å². The van der Waals surface area contributed by atoms with Crippen molar-refractivity contribution in [3.8, 4) is 5.69 Å². The summed E-state index contributed by atoms with van der Waals surface area (Å²) in [5.41, 5.74) is 4.17. The molecule has 1 aromatic carbocycles. The fourth-order valence-electron chi connectivity index (χ4n) is 2.95. The van der Waals surface area contributed by atoms with Crippen LogP contribution in [0.2, 0.25) is 0 Å². The predicted octanol–water partition coefficient (Wildman–Crippen LogP) is 3.77. The van der Waals surface area contributed by atoms with Crippen molar-refractivity contribution in [2.24, 2.45) is 5.92 Å². The molecule has 3 rings (SSSR count). The van der Waals surface area contributed by atoms with Crippen LogP contribution in [0.15, 0.2) is 22.7 Å². The monoisotopic (exact) mass is 348 g/mol. The Bertz CT molecular complexity index is 721. The summed E-state index contributed by atoms with van der Waals surface area (Å²) in [4.78, 5) is 11.5. The van der Waals surface area contributed by atoms with Gasteiger partial charge in [-0.05, 0) is 65.7 Å². The smallest absolute Gasteiger partial charge is 0.356 e. The minimum absolute atomic E-state index is 0.199. The number of aryl methyl sites for hydroxylation is 1. The average molecular weight is 349 g/mol. The van der Waals surface area contributed by atoms with Crippen molar-refractivity contribution in [1.82, 2.24) is 9.78 Å². The molecular formula is C16H17BrN2O2. The van der Waals surface area contributed by atoms with E-state index in [9.17, 15) is 9.90 Å². The van der Waals surface area contributed by atoms with E-state index in [0.29, 0.717) is 5.92 Å². The van der Waals surface area contributed by atoms with Gasteiger partial charge in [0.1, 0.15) is 0 Å². The molecule has 5 heteroatoms. The SMILES string of the molecule is Cc1ccc(Br)c(-n2nc(C(=O)O)c3c2CCC(C)C3)c1. The molecule has 1 atom stereocenters. The number of aromatic nitrogens is 2. The fraction of sp³-hybridized carbons (Fsp3) is 0.375. The third-order valence-electron chi connectivity index (χ3n) is 4.05. The molecule has 0 saturated heterocycles. The number of carboxylic acid groups (broad SMARTS) is 1. The molecule has 0 radical (unpaired) electrons. The maximum atomic E-state index is 11.5. The summed E-state index contributed by atoms with van der Waals surface area (Å²) in [5, 5.41) is 13.8. The van der Waals surface area contributed by atoms with E-state index in [1.54, 1.807) is 0 Å². The molecule has 1 aromatic heterocycles. The topological polar surface area (TPSA) is 55.1 Å². The van der Waals surface area contributed by atoms with Crippen molar-refractivity contribution >= 4 is 21.9 Å². The summed E-state index contributed by atoms with van der Waals surface area (Å²) in [6.07, 6.45) is 2.73. The van der Waals surface area contributed by atoms with Crippen LogP contribution >= 0.6 is 15.9 Å². The minimum Gasteiger partial charge on any atom is -0.476 e. The highest BCUT2D eigenvalue weighted by molar-refractivity contribution is 9.10. The van der Waals surface area contributed by atoms with Gasteiger partial charge < -0.3 is 5.11 Å². The summed E-state index contributed by atoms with van der Waals surface area (Å²) in [6, 6.07) is 6.02. The van der Waals surface area contributed by atoms with E-state index in [-0.39, 0.29) is 5.69 Å². The van der Waals surface area contributed by atoms with Crippen LogP contribution in [-0.4, -0.2) is 20.9 Å². The number of carbonyl (C=O) groups is 1. The van der Waals surface area contributed by atoms with Crippen molar-refractivity contribution in [3.05, 3.63) is 45.2 Å². The highest BCUT2D eigenvalue weighted by atomic mass is 79.9. The van der Waals surface area contributed by atoms with Crippen LogP contribution < -0.4 is 0 Å². The van der Waals surface area contributed by atoms with Gasteiger partial charge in [0, 0.05) is 15.7 Å². The summed E-state index contributed by atoms with van der Waals surface area (Å²) < 4.78 is 2.73. The number of benzene rings is 1. The highest BCUT2D eigenvalue weighted by Crippen LogP contribution is 2.32. The predicted molar refractivity (Wildman–Crippen MR) is 84.1 cm³/mol. The molecule has 0 bridgehead atoms. The Kier molecular flexibility index (Phi) is 3.61. The lowest BCUT2D eigenvalue weighted by Crippen LogP contribution is -2.14. The van der Waals surface area contributed by atoms with Crippen molar-refractivity contribution in [2.45, 2.75) is 33.1 Å². The van der Waals surface area contributed by atoms with Crippen molar-refractivity contribution in [1.29, 1.82) is 0 Å². The molecule has 1 heterocycles. The molecule has 1 N–H and O–H groups in total. The molecule has 4 nitrogen and oxygen atoms in total. The number of nitrogens with zero attached hydrogens (tertiary/aromatic N) is 2. The average Bonchev–Trinajstić information content (AvgIpc) is 2.80. The normalized spacial score (nSPS) is 17.6. The summed E-state index contributed by atoms with van der Waals surface area (Å²) in [5.74, 6) is -0.433. The molecule has 21 heavy (non-hydrogen) atoms. The Labute approximate surface area is 131 Å². The Morgan fingerprint density at radius 1 is 1.48 bits per heavy atom. The molecule has 1 aliphatic rings. The second-order valence-electron chi connectivity index (χ2n) is 5.79. The zero-order valence-corrected chi connectivity index (χ0v) is 13.6. The van der Waals surface area contributed by atoms with E-state index in [0.717, 1.165) is 46.2 Å². The Morgan fingerprint density at radius 3 is 2.95 bits per heavy atom. The number of rotatable bonds is 2. The number of hydrogen-bond donors (Lipinski definition) is 1. The van der Waals surface area contributed by atoms with E-state index < -0.39 is 5.97 Å². The Morgan fingerprint density at radius 2 is 2.24 bits per heavy atom. The van der Waals surface area contributed by atoms with Gasteiger partial charge in [-0.3, -0.25) is 0 Å². The van der Waals surface area contributed by atoms with Crippen LogP contribution in [0, 0.1) is 12.8 Å².